The molecule has 0 bridgehead atoms. The zero-order chi connectivity index (χ0) is 10.7. The number of pyridine rings is 1. The van der Waals surface area contributed by atoms with Crippen LogP contribution in [0.2, 0.25) is 0 Å². The van der Waals surface area contributed by atoms with Gasteiger partial charge in [0.1, 0.15) is 16.4 Å². The van der Waals surface area contributed by atoms with Crippen molar-refractivity contribution >= 4 is 15.9 Å². The van der Waals surface area contributed by atoms with Gasteiger partial charge in [0.15, 0.2) is 0 Å². The predicted molar refractivity (Wildman–Crippen MR) is 47.5 cm³/mol. The second-order valence-corrected chi connectivity index (χ2v) is 3.20. The van der Waals surface area contributed by atoms with Crippen LogP contribution < -0.4 is 0 Å². The molecule has 0 spiro atoms. The normalized spacial score (nSPS) is 10.3. The van der Waals surface area contributed by atoms with Gasteiger partial charge in [-0.25, -0.2) is 13.8 Å². The first-order valence-electron chi connectivity index (χ1n) is 3.58. The van der Waals surface area contributed by atoms with E-state index < -0.39 is 13.0 Å². The van der Waals surface area contributed by atoms with Crippen LogP contribution in [0, 0.1) is 11.3 Å². The molecule has 0 radical (unpaired) electrons. The van der Waals surface area contributed by atoms with Gasteiger partial charge in [0, 0.05) is 5.56 Å². The summed E-state index contributed by atoms with van der Waals surface area (Å²) in [6, 6.07) is 2.78. The Morgan fingerprint density at radius 1 is 1.64 bits per heavy atom. The molecule has 0 aliphatic heterocycles. The van der Waals surface area contributed by atoms with E-state index in [1.165, 1.54) is 0 Å². The number of aromatic nitrogens is 1. The Hall–Kier alpha value is -1.06. The van der Waals surface area contributed by atoms with E-state index in [2.05, 4.69) is 20.9 Å². The van der Waals surface area contributed by atoms with E-state index in [9.17, 15) is 8.78 Å². The third-order valence-corrected chi connectivity index (χ3v) is 2.23. The van der Waals surface area contributed by atoms with Gasteiger partial charge in [0.2, 0.25) is 0 Å². The molecule has 0 aromatic carbocycles. The van der Waals surface area contributed by atoms with Crippen LogP contribution in [0.4, 0.5) is 8.78 Å². The van der Waals surface area contributed by atoms with Gasteiger partial charge in [0.05, 0.1) is 12.2 Å². The molecule has 0 amide bonds. The minimum Gasteiger partial charge on any atom is -0.392 e. The third-order valence-electron chi connectivity index (χ3n) is 1.59. The van der Waals surface area contributed by atoms with Crippen LogP contribution in [0.5, 0.6) is 0 Å². The average Bonchev–Trinajstić information content (AvgIpc) is 2.16. The Balaban J connectivity index is 3.32. The Labute approximate surface area is 87.1 Å². The van der Waals surface area contributed by atoms with Gasteiger partial charge in [-0.1, -0.05) is 0 Å². The molecule has 3 nitrogen and oxygen atoms in total. The van der Waals surface area contributed by atoms with E-state index in [-0.39, 0.29) is 21.4 Å². The van der Waals surface area contributed by atoms with Gasteiger partial charge in [-0.15, -0.1) is 0 Å². The van der Waals surface area contributed by atoms with Crippen molar-refractivity contribution < 1.29 is 13.9 Å². The van der Waals surface area contributed by atoms with Crippen LogP contribution in [-0.4, -0.2) is 10.1 Å². The van der Waals surface area contributed by atoms with E-state index >= 15 is 0 Å². The number of hydrogen-bond acceptors (Lipinski definition) is 3. The molecule has 0 atom stereocenters. The monoisotopic (exact) mass is 262 g/mol. The topological polar surface area (TPSA) is 56.9 Å². The Morgan fingerprint density at radius 2 is 2.29 bits per heavy atom. The lowest BCUT2D eigenvalue weighted by Gasteiger charge is -2.06. The standard InChI is InChI=1S/C8H5BrF2N2O/c9-7-5(8(10)11)1-4(3-14)6(2-12)13-7/h1,8,14H,3H2. The van der Waals surface area contributed by atoms with Crippen molar-refractivity contribution in [2.45, 2.75) is 13.0 Å². The fraction of sp³-hybridized carbons (Fsp3) is 0.250. The molecule has 14 heavy (non-hydrogen) atoms. The Morgan fingerprint density at radius 3 is 2.71 bits per heavy atom. The first-order chi connectivity index (χ1) is 6.60. The quantitative estimate of drug-likeness (QED) is 0.831. The van der Waals surface area contributed by atoms with Crippen LogP contribution in [-0.2, 0) is 6.61 Å². The van der Waals surface area contributed by atoms with Crippen molar-refractivity contribution in [2.24, 2.45) is 0 Å². The highest BCUT2D eigenvalue weighted by atomic mass is 79.9. The molecule has 1 aromatic heterocycles. The van der Waals surface area contributed by atoms with Crippen LogP contribution in [0.25, 0.3) is 0 Å². The molecule has 1 aromatic rings. The van der Waals surface area contributed by atoms with Crippen molar-refractivity contribution in [1.29, 1.82) is 5.26 Å². The summed E-state index contributed by atoms with van der Waals surface area (Å²) in [5, 5.41) is 17.4. The molecule has 0 unspecified atom stereocenters. The fourth-order valence-corrected chi connectivity index (χ4v) is 1.39. The number of aliphatic hydroxyl groups excluding tert-OH is 1. The summed E-state index contributed by atoms with van der Waals surface area (Å²) in [5.41, 5.74) is -0.275. The SMILES string of the molecule is N#Cc1nc(Br)c(C(F)F)cc1CO. The molecule has 74 valence electrons. The number of hydrogen-bond donors (Lipinski definition) is 1. The zero-order valence-corrected chi connectivity index (χ0v) is 8.42. The van der Waals surface area contributed by atoms with Crippen molar-refractivity contribution in [3.63, 3.8) is 0 Å². The smallest absolute Gasteiger partial charge is 0.266 e. The van der Waals surface area contributed by atoms with Gasteiger partial charge >= 0.3 is 0 Å². The van der Waals surface area contributed by atoms with Gasteiger partial charge in [-0.05, 0) is 22.0 Å². The molecular formula is C8H5BrF2N2O. The minimum atomic E-state index is -2.69. The molecule has 1 heterocycles. The number of nitrogens with zero attached hydrogens (tertiary/aromatic N) is 2. The second-order valence-electron chi connectivity index (χ2n) is 2.45. The van der Waals surface area contributed by atoms with Crippen molar-refractivity contribution in [3.8, 4) is 6.07 Å². The summed E-state index contributed by atoms with van der Waals surface area (Å²) >= 11 is 2.83. The lowest BCUT2D eigenvalue weighted by atomic mass is 10.1. The molecule has 0 aliphatic rings. The van der Waals surface area contributed by atoms with E-state index in [1.54, 1.807) is 6.07 Å². The largest absolute Gasteiger partial charge is 0.392 e. The maximum atomic E-state index is 12.3. The highest BCUT2D eigenvalue weighted by Gasteiger charge is 2.16. The van der Waals surface area contributed by atoms with Gasteiger partial charge in [-0.3, -0.25) is 0 Å². The van der Waals surface area contributed by atoms with E-state index in [1.807, 2.05) is 0 Å². The van der Waals surface area contributed by atoms with Gasteiger partial charge in [0.25, 0.3) is 6.43 Å². The first-order valence-corrected chi connectivity index (χ1v) is 4.38. The first kappa shape index (κ1) is 11.0. The van der Waals surface area contributed by atoms with Gasteiger partial charge in [-0.2, -0.15) is 5.26 Å². The highest BCUT2D eigenvalue weighted by Crippen LogP contribution is 2.27. The molecule has 0 saturated heterocycles. The number of alkyl halides is 2. The second kappa shape index (κ2) is 4.44. The molecule has 0 fully saturated rings. The summed E-state index contributed by atoms with van der Waals surface area (Å²) in [5.74, 6) is 0. The summed E-state index contributed by atoms with van der Waals surface area (Å²) in [7, 11) is 0. The molecular weight excluding hydrogens is 258 g/mol. The molecule has 0 aliphatic carbocycles. The molecule has 1 rings (SSSR count). The predicted octanol–water partition coefficient (Wildman–Crippen LogP) is 2.15. The fourth-order valence-electron chi connectivity index (χ4n) is 0.920. The molecule has 6 heteroatoms. The zero-order valence-electron chi connectivity index (χ0n) is 6.84. The van der Waals surface area contributed by atoms with Gasteiger partial charge < -0.3 is 5.11 Å². The summed E-state index contributed by atoms with van der Waals surface area (Å²) in [6.07, 6.45) is -2.69. The maximum absolute atomic E-state index is 12.3. The van der Waals surface area contributed by atoms with E-state index in [0.717, 1.165) is 6.07 Å². The van der Waals surface area contributed by atoms with Crippen molar-refractivity contribution in [3.05, 3.63) is 27.5 Å². The van der Waals surface area contributed by atoms with Crippen molar-refractivity contribution in [2.75, 3.05) is 0 Å². The lowest BCUT2D eigenvalue weighted by molar-refractivity contribution is 0.149. The lowest BCUT2D eigenvalue weighted by Crippen LogP contribution is -1.99. The Kier molecular flexibility index (Phi) is 3.49. The van der Waals surface area contributed by atoms with E-state index in [4.69, 9.17) is 10.4 Å². The van der Waals surface area contributed by atoms with E-state index in [0.29, 0.717) is 0 Å². The number of halogens is 3. The van der Waals surface area contributed by atoms with Crippen LogP contribution >= 0.6 is 15.9 Å². The highest BCUT2D eigenvalue weighted by molar-refractivity contribution is 9.10. The van der Waals surface area contributed by atoms with Crippen LogP contribution in [0.3, 0.4) is 0 Å². The van der Waals surface area contributed by atoms with Crippen LogP contribution in [0.1, 0.15) is 23.2 Å². The summed E-state index contributed by atoms with van der Waals surface area (Å²) in [4.78, 5) is 3.60. The van der Waals surface area contributed by atoms with Crippen LogP contribution in [0.15, 0.2) is 10.7 Å². The molecule has 1 N–H and O–H groups in total. The number of nitriles is 1. The minimum absolute atomic E-state index is 0.0521. The molecule has 0 saturated carbocycles. The third kappa shape index (κ3) is 2.05. The maximum Gasteiger partial charge on any atom is 0.266 e. The number of rotatable bonds is 2. The Bertz CT molecular complexity index is 389. The summed E-state index contributed by atoms with van der Waals surface area (Å²) < 4.78 is 24.6. The van der Waals surface area contributed by atoms with Crippen molar-refractivity contribution in [1.82, 2.24) is 4.98 Å². The average molecular weight is 263 g/mol. The number of aliphatic hydroxyl groups is 1. The summed E-state index contributed by atoms with van der Waals surface area (Å²) in [6.45, 7) is -0.483.